The standard InChI is InChI=1S/C49H41N3O.C15H16NO2Si.Ir/c1-31(2)44-26-39(35-15-10-7-11-16-35)27-45(32(3)4)47(44)52(40-25-33(5)29-51-30-40)49(50)43-18-12-17-42-41-24-23-38(28-46(41)53-48(42)43)37-21-19-36(20-22-37)34-13-8-6-9-14-34;1-19(2,3)13-8-9-14(16-10-13)11-4-6-12(7-5-11)15(17)18;/h6-17,19-32H,1-5H3;4,6-10H,1-3H3,(H,17,18);/q-2;-1;+3. The maximum atomic E-state index is 12.7. The summed E-state index contributed by atoms with van der Waals surface area (Å²) in [5.41, 5.74) is 15.5. The van der Waals surface area contributed by atoms with Gasteiger partial charge in [0.05, 0.1) is 8.07 Å². The second-order valence-electron chi connectivity index (χ2n) is 19.9. The van der Waals surface area contributed by atoms with E-state index in [1.165, 1.54) is 22.4 Å². The number of furan rings is 1. The van der Waals surface area contributed by atoms with Crippen molar-refractivity contribution < 1.29 is 34.4 Å². The van der Waals surface area contributed by atoms with Crippen LogP contribution in [0.15, 0.2) is 187 Å². The number of benzene rings is 7. The molecule has 0 bridgehead atoms. The van der Waals surface area contributed by atoms with Crippen LogP contribution in [0.2, 0.25) is 19.6 Å². The van der Waals surface area contributed by atoms with Crippen molar-refractivity contribution in [2.75, 3.05) is 4.90 Å². The molecule has 7 aromatic carbocycles. The second kappa shape index (κ2) is 22.1. The average molecular weight is 1150 g/mol. The van der Waals surface area contributed by atoms with Crippen molar-refractivity contribution in [3.8, 4) is 44.6 Å². The molecule has 7 nitrogen and oxygen atoms in total. The second-order valence-corrected chi connectivity index (χ2v) is 25.0. The summed E-state index contributed by atoms with van der Waals surface area (Å²) in [5.74, 6) is -0.587. The van der Waals surface area contributed by atoms with E-state index in [2.05, 4.69) is 185 Å². The Morgan fingerprint density at radius 3 is 1.81 bits per heavy atom. The van der Waals surface area contributed by atoms with Crippen molar-refractivity contribution >= 4 is 58.4 Å². The first-order valence-electron chi connectivity index (χ1n) is 24.4. The molecule has 0 aliphatic heterocycles. The number of carbonyl (C=O) groups is 1. The predicted octanol–water partition coefficient (Wildman–Crippen LogP) is 16.3. The SMILES string of the molecule is C[Si](C)(C)c1ccc(-c2[c-]cc(C(=O)O)cc2)nc1.Cc1cncc(N(C(=[N-])c2[c-]ccc3c2oc2cc(-c4ccc(-c5ccccc5)cc4)ccc23)c2c(C(C)C)cc(-c3ccccc3)cc2C(C)C)c1.[Ir+3]. The van der Waals surface area contributed by atoms with Gasteiger partial charge in [0.25, 0.3) is 5.97 Å². The Balaban J connectivity index is 0.000000300. The molecular formula is C64H57IrN4O3Si. The van der Waals surface area contributed by atoms with Crippen LogP contribution in [0.3, 0.4) is 0 Å². The van der Waals surface area contributed by atoms with Gasteiger partial charge in [0.2, 0.25) is 0 Å². The maximum absolute atomic E-state index is 12.7. The van der Waals surface area contributed by atoms with Crippen molar-refractivity contribution in [2.45, 2.75) is 66.1 Å². The minimum Gasteiger partial charge on any atom is -0.520 e. The van der Waals surface area contributed by atoms with E-state index in [1.807, 2.05) is 60.7 Å². The van der Waals surface area contributed by atoms with E-state index in [0.717, 1.165) is 77.9 Å². The van der Waals surface area contributed by atoms with Gasteiger partial charge >= 0.3 is 20.1 Å². The average Bonchev–Trinajstić information content (AvgIpc) is 3.77. The minimum absolute atomic E-state index is 0. The first-order chi connectivity index (χ1) is 34.6. The molecule has 0 radical (unpaired) electrons. The topological polar surface area (TPSA) is 102 Å². The first kappa shape index (κ1) is 51.8. The van der Waals surface area contributed by atoms with Gasteiger partial charge in [-0.05, 0) is 103 Å². The number of pyridine rings is 2. The molecule has 0 aliphatic carbocycles. The van der Waals surface area contributed by atoms with Crippen LogP contribution in [-0.2, 0) is 20.1 Å². The van der Waals surface area contributed by atoms with Crippen LogP contribution in [0.25, 0.3) is 72.0 Å². The molecule has 9 heteroatoms. The summed E-state index contributed by atoms with van der Waals surface area (Å²) >= 11 is 0. The van der Waals surface area contributed by atoms with E-state index in [1.54, 1.807) is 12.1 Å². The van der Waals surface area contributed by atoms with Gasteiger partial charge in [0.15, 0.2) is 0 Å². The fourth-order valence-electron chi connectivity index (χ4n) is 9.03. The van der Waals surface area contributed by atoms with Crippen LogP contribution in [0.5, 0.6) is 0 Å². The zero-order chi connectivity index (χ0) is 50.7. The van der Waals surface area contributed by atoms with E-state index < -0.39 is 14.0 Å². The third-order valence-electron chi connectivity index (χ3n) is 13.0. The summed E-state index contributed by atoms with van der Waals surface area (Å²) in [6, 6.07) is 61.5. The quantitative estimate of drug-likeness (QED) is 0.0599. The monoisotopic (exact) mass is 1150 g/mol. The third-order valence-corrected chi connectivity index (χ3v) is 15.0. The molecule has 0 saturated carbocycles. The van der Waals surface area contributed by atoms with E-state index in [-0.39, 0.29) is 43.3 Å². The summed E-state index contributed by atoms with van der Waals surface area (Å²) in [6.45, 7) is 17.7. The molecule has 0 aliphatic rings. The van der Waals surface area contributed by atoms with Crippen LogP contribution in [0.1, 0.15) is 72.1 Å². The predicted molar refractivity (Wildman–Crippen MR) is 301 cm³/mol. The zero-order valence-corrected chi connectivity index (χ0v) is 45.8. The van der Waals surface area contributed by atoms with Crippen LogP contribution in [0.4, 0.5) is 11.4 Å². The number of hydrogen-bond donors (Lipinski definition) is 1. The molecule has 364 valence electrons. The largest absolute Gasteiger partial charge is 3.00 e. The van der Waals surface area contributed by atoms with Gasteiger partial charge in [0.1, 0.15) is 5.58 Å². The number of hydrogen-bond acceptors (Lipinski definition) is 4. The number of anilines is 2. The Hall–Kier alpha value is -7.55. The summed E-state index contributed by atoms with van der Waals surface area (Å²) < 4.78 is 6.68. The first-order valence-corrected chi connectivity index (χ1v) is 27.9. The van der Waals surface area contributed by atoms with Gasteiger partial charge in [-0.2, -0.15) is 0 Å². The van der Waals surface area contributed by atoms with Gasteiger partial charge in [-0.1, -0.05) is 180 Å². The number of nitrogens with zero attached hydrogens (tertiary/aromatic N) is 4. The number of carboxylic acid groups (broad SMARTS) is 1. The van der Waals surface area contributed by atoms with Crippen LogP contribution in [0, 0.1) is 19.1 Å². The van der Waals surface area contributed by atoms with Gasteiger partial charge in [-0.3, -0.25) is 9.78 Å². The van der Waals surface area contributed by atoms with Crippen molar-refractivity contribution in [3.63, 3.8) is 0 Å². The Morgan fingerprint density at radius 1 is 0.658 bits per heavy atom. The molecule has 10 aromatic rings. The Labute approximate surface area is 443 Å². The van der Waals surface area contributed by atoms with E-state index in [4.69, 9.17) is 9.52 Å². The molecule has 0 atom stereocenters. The number of amidine groups is 1. The molecule has 0 amide bonds. The molecule has 3 heterocycles. The number of aryl methyl sites for hydroxylation is 1. The van der Waals surface area contributed by atoms with Gasteiger partial charge in [0, 0.05) is 29.6 Å². The maximum Gasteiger partial charge on any atom is 3.00 e. The van der Waals surface area contributed by atoms with Crippen molar-refractivity contribution in [3.05, 3.63) is 228 Å². The molecule has 0 fully saturated rings. The van der Waals surface area contributed by atoms with Gasteiger partial charge in [-0.25, -0.2) is 0 Å². The van der Waals surface area contributed by atoms with Gasteiger partial charge < -0.3 is 24.8 Å². The van der Waals surface area contributed by atoms with Crippen molar-refractivity contribution in [1.82, 2.24) is 9.97 Å². The summed E-state index contributed by atoms with van der Waals surface area (Å²) in [6.07, 6.45) is 5.57. The van der Waals surface area contributed by atoms with Crippen LogP contribution >= 0.6 is 0 Å². The number of aromatic nitrogens is 2. The van der Waals surface area contributed by atoms with Crippen molar-refractivity contribution in [2.24, 2.45) is 0 Å². The minimum atomic E-state index is -1.33. The van der Waals surface area contributed by atoms with Gasteiger partial charge in [-0.15, -0.1) is 59.4 Å². The fraction of sp³-hybridized carbons (Fsp3) is 0.156. The third kappa shape index (κ3) is 11.3. The molecule has 0 unspecified atom stereocenters. The number of rotatable bonds is 11. The summed E-state index contributed by atoms with van der Waals surface area (Å²) in [5, 5.41) is 24.7. The normalized spacial score (nSPS) is 11.3. The molecular weight excluding hydrogens is 1090 g/mol. The Kier molecular flexibility index (Phi) is 15.6. The Bertz CT molecular complexity index is 3520. The summed E-state index contributed by atoms with van der Waals surface area (Å²) in [7, 11) is -1.33. The van der Waals surface area contributed by atoms with Crippen LogP contribution in [-0.4, -0.2) is 35.0 Å². The Morgan fingerprint density at radius 2 is 1.26 bits per heavy atom. The number of fused-ring (bicyclic) bond motifs is 3. The smallest absolute Gasteiger partial charge is 0.520 e. The number of aromatic carboxylic acids is 1. The molecule has 0 spiro atoms. The molecule has 0 saturated heterocycles. The fourth-order valence-corrected chi connectivity index (χ4v) is 10.1. The molecule has 73 heavy (non-hydrogen) atoms. The van der Waals surface area contributed by atoms with E-state index >= 15 is 0 Å². The molecule has 1 N–H and O–H groups in total. The number of carboxylic acids is 1. The van der Waals surface area contributed by atoms with E-state index in [9.17, 15) is 10.2 Å². The van der Waals surface area contributed by atoms with Crippen LogP contribution < -0.4 is 10.1 Å². The summed E-state index contributed by atoms with van der Waals surface area (Å²) in [4.78, 5) is 21.8. The molecule has 10 rings (SSSR count). The molecule has 3 aromatic heterocycles. The van der Waals surface area contributed by atoms with Crippen molar-refractivity contribution in [1.29, 1.82) is 0 Å². The van der Waals surface area contributed by atoms with E-state index in [0.29, 0.717) is 11.1 Å². The zero-order valence-electron chi connectivity index (χ0n) is 42.4.